The molecule has 0 bridgehead atoms. The predicted octanol–water partition coefficient (Wildman–Crippen LogP) is 24.1. The second-order valence-corrected chi connectivity index (χ2v) is 31.4. The molecule has 11 heteroatoms. The number of hydrogen-bond donors (Lipinski definition) is 0. The second-order valence-electron chi connectivity index (χ2n) is 31.4. The fraction of sp³-hybridized carbons (Fsp3) is 0.286. The number of halogens is 5. The van der Waals surface area contributed by atoms with E-state index in [-0.39, 0.29) is 64.8 Å². The number of ether oxygens (including phenoxy) is 1. The van der Waals surface area contributed by atoms with Gasteiger partial charge in [-0.1, -0.05) is 221 Å². The molecule has 11 aromatic rings. The Balaban J connectivity index is 0.00000919. The fourth-order valence-electron chi connectivity index (χ4n) is 12.8. The number of fused-ring (bicyclic) bond motifs is 4. The minimum absolute atomic E-state index is 0. The molecule has 1 aliphatic rings. The van der Waals surface area contributed by atoms with Crippen LogP contribution >= 0.6 is 0 Å². The number of anilines is 4. The van der Waals surface area contributed by atoms with E-state index in [4.69, 9.17) is 9.72 Å². The minimum atomic E-state index is -2.25. The van der Waals surface area contributed by atoms with E-state index in [9.17, 15) is 0 Å². The van der Waals surface area contributed by atoms with Crippen LogP contribution in [0.4, 0.5) is 44.7 Å². The molecular weight excluding hydrogens is 1370 g/mol. The second kappa shape index (κ2) is 24.4. The van der Waals surface area contributed by atoms with Crippen molar-refractivity contribution in [3.8, 4) is 61.8 Å². The van der Waals surface area contributed by atoms with Crippen molar-refractivity contribution in [3.05, 3.63) is 245 Å². The SMILES string of the molecule is CC(C)(C)c1cc(-c2cc(-c3ccccc3)cc(-c3c(F)c(F)c(F)c(F)c3F)c2N2[CH-]N(c3[c-]c(Oc4[c-]c5c(cc4)c4ccccc4n5-c4cc(C(C)(C)C)ccn4)cc(-c4c(C(C)(C)C)cc(C(C)(C)C)cc4C(C)(C)C)c3)c3ccccc32)cc(C(C)(C)C)c1.[Pt]. The maximum atomic E-state index is 17.2. The molecule has 0 fully saturated rings. The average Bonchev–Trinajstić information content (AvgIpc) is 1.71. The summed E-state index contributed by atoms with van der Waals surface area (Å²) < 4.78 is 91.2. The van der Waals surface area contributed by atoms with Crippen LogP contribution in [0.2, 0.25) is 0 Å². The van der Waals surface area contributed by atoms with Crippen molar-refractivity contribution in [2.45, 2.75) is 157 Å². The van der Waals surface area contributed by atoms with E-state index in [1.807, 2.05) is 108 Å². The van der Waals surface area contributed by atoms with Crippen molar-refractivity contribution in [1.82, 2.24) is 9.55 Å². The maximum absolute atomic E-state index is 17.2. The summed E-state index contributed by atoms with van der Waals surface area (Å²) in [6.07, 6.45) is 1.85. The first-order valence-electron chi connectivity index (χ1n) is 32.3. The van der Waals surface area contributed by atoms with Crippen molar-refractivity contribution in [3.63, 3.8) is 0 Å². The molecule has 0 radical (unpaired) electrons. The van der Waals surface area contributed by atoms with Crippen molar-refractivity contribution in [1.29, 1.82) is 0 Å². The van der Waals surface area contributed by atoms with Crippen LogP contribution < -0.4 is 14.5 Å². The van der Waals surface area contributed by atoms with Crippen LogP contribution in [0.5, 0.6) is 11.5 Å². The zero-order chi connectivity index (χ0) is 67.7. The average molecular weight is 1450 g/mol. The monoisotopic (exact) mass is 1450 g/mol. The zero-order valence-electron chi connectivity index (χ0n) is 57.6. The van der Waals surface area contributed by atoms with Gasteiger partial charge >= 0.3 is 0 Å². The Kier molecular flexibility index (Phi) is 17.5. The summed E-state index contributed by atoms with van der Waals surface area (Å²) in [5, 5.41) is 2.00. The number of para-hydroxylation sites is 3. The van der Waals surface area contributed by atoms with Crippen LogP contribution in [0.15, 0.2) is 164 Å². The molecule has 2 aromatic heterocycles. The van der Waals surface area contributed by atoms with Gasteiger partial charge in [-0.25, -0.2) is 26.9 Å². The van der Waals surface area contributed by atoms with Gasteiger partial charge in [-0.15, -0.1) is 53.6 Å². The Labute approximate surface area is 572 Å². The van der Waals surface area contributed by atoms with Gasteiger partial charge in [-0.05, 0) is 136 Å². The summed E-state index contributed by atoms with van der Waals surface area (Å²) in [4.78, 5) is 8.72. The van der Waals surface area contributed by atoms with Gasteiger partial charge in [-0.3, -0.25) is 0 Å². The molecule has 0 amide bonds. The summed E-state index contributed by atoms with van der Waals surface area (Å²) in [6.45, 7) is 41.3. The third kappa shape index (κ3) is 12.8. The van der Waals surface area contributed by atoms with Gasteiger partial charge in [0, 0.05) is 72.5 Å². The van der Waals surface area contributed by atoms with E-state index in [1.165, 1.54) is 11.6 Å². The molecule has 492 valence electrons. The van der Waals surface area contributed by atoms with E-state index in [2.05, 4.69) is 208 Å². The van der Waals surface area contributed by atoms with Crippen molar-refractivity contribution < 1.29 is 47.8 Å². The molecule has 0 N–H and O–H groups in total. The van der Waals surface area contributed by atoms with Crippen molar-refractivity contribution in [2.75, 3.05) is 9.80 Å². The maximum Gasteiger partial charge on any atom is 0.200 e. The molecule has 1 aliphatic heterocycles. The van der Waals surface area contributed by atoms with Gasteiger partial charge < -0.3 is 19.1 Å². The van der Waals surface area contributed by atoms with Gasteiger partial charge in [0.15, 0.2) is 23.3 Å². The van der Waals surface area contributed by atoms with Crippen LogP contribution in [0.1, 0.15) is 158 Å². The largest absolute Gasteiger partial charge is 0.509 e. The summed E-state index contributed by atoms with van der Waals surface area (Å²) >= 11 is 0. The quantitative estimate of drug-likeness (QED) is 0.0624. The molecule has 95 heavy (non-hydrogen) atoms. The first kappa shape index (κ1) is 68.1. The van der Waals surface area contributed by atoms with Gasteiger partial charge in [-0.2, -0.15) is 6.07 Å². The summed E-state index contributed by atoms with van der Waals surface area (Å²) in [7, 11) is 0. The van der Waals surface area contributed by atoms with E-state index in [0.717, 1.165) is 66.6 Å². The number of pyridine rings is 1. The number of aromatic nitrogens is 2. The number of nitrogens with zero attached hydrogens (tertiary/aromatic N) is 4. The van der Waals surface area contributed by atoms with Gasteiger partial charge in [0.25, 0.3) is 0 Å². The minimum Gasteiger partial charge on any atom is -0.509 e. The van der Waals surface area contributed by atoms with Crippen LogP contribution in [0, 0.1) is 47.9 Å². The fourth-order valence-corrected chi connectivity index (χ4v) is 12.8. The van der Waals surface area contributed by atoms with E-state index in [0.29, 0.717) is 50.8 Å². The summed E-state index contributed by atoms with van der Waals surface area (Å²) in [6, 6.07) is 59.4. The van der Waals surface area contributed by atoms with Crippen molar-refractivity contribution in [2.24, 2.45) is 0 Å². The Morgan fingerprint density at radius 1 is 0.400 bits per heavy atom. The molecule has 12 rings (SSSR count). The van der Waals surface area contributed by atoms with Crippen LogP contribution in [-0.2, 0) is 53.6 Å². The Bertz CT molecular complexity index is 4720. The standard InChI is InChI=1S/C84H82F5N4O.Pt/c1-79(2,3)53-34-35-90-70(45-53)93-66-29-23-22-28-60(66)61-33-32-58(47-69(61)93)94-59-39-52(71-64(83(13,14)15)43-56(82(10,11)12)44-65(71)84(16,17)18)38-57(46-59)91-48-92(68-31-25-24-30-67(68)91)78-62(51-36-54(80(4,5)6)42-55(37-51)81(7,8)9)40-50(49-26-20-19-21-27-49)41-63(78)72-73(85)75(87)77(89)76(88)74(72)86;/h19-45,48H,1-18H3;/q-3;. The Hall–Kier alpha value is -8.33. The Morgan fingerprint density at radius 3 is 1.51 bits per heavy atom. The van der Waals surface area contributed by atoms with Crippen LogP contribution in [0.3, 0.4) is 0 Å². The molecule has 0 aliphatic carbocycles. The molecule has 0 saturated heterocycles. The summed E-state index contributed by atoms with van der Waals surface area (Å²) in [5.74, 6) is -8.71. The normalized spacial score (nSPS) is 13.3. The predicted molar refractivity (Wildman–Crippen MR) is 378 cm³/mol. The molecule has 5 nitrogen and oxygen atoms in total. The number of hydrogen-bond acceptors (Lipinski definition) is 4. The van der Waals surface area contributed by atoms with Crippen LogP contribution in [-0.4, -0.2) is 9.55 Å². The molecule has 0 unspecified atom stereocenters. The van der Waals surface area contributed by atoms with Gasteiger partial charge in [0.05, 0.1) is 5.56 Å². The van der Waals surface area contributed by atoms with E-state index >= 15 is 22.0 Å². The van der Waals surface area contributed by atoms with Gasteiger partial charge in [0.1, 0.15) is 5.82 Å². The topological polar surface area (TPSA) is 33.5 Å². The molecule has 0 spiro atoms. The molecular formula is C84H82F5N4OPt-3. The smallest absolute Gasteiger partial charge is 0.200 e. The summed E-state index contributed by atoms with van der Waals surface area (Å²) in [5.41, 5.74) is 11.3. The Morgan fingerprint density at radius 2 is 0.926 bits per heavy atom. The van der Waals surface area contributed by atoms with E-state index < -0.39 is 34.6 Å². The van der Waals surface area contributed by atoms with Gasteiger partial charge in [0.2, 0.25) is 5.82 Å². The molecule has 9 aromatic carbocycles. The first-order valence-corrected chi connectivity index (χ1v) is 32.3. The third-order valence-corrected chi connectivity index (χ3v) is 18.2. The van der Waals surface area contributed by atoms with E-state index in [1.54, 1.807) is 0 Å². The first-order chi connectivity index (χ1) is 44.0. The number of benzene rings is 9. The third-order valence-electron chi connectivity index (χ3n) is 18.2. The van der Waals surface area contributed by atoms with Crippen molar-refractivity contribution >= 4 is 44.6 Å². The number of rotatable bonds is 9. The van der Waals surface area contributed by atoms with Crippen LogP contribution in [0.25, 0.3) is 72.1 Å². The molecule has 0 saturated carbocycles. The molecule has 0 atom stereocenters. The zero-order valence-corrected chi connectivity index (χ0v) is 59.8. The molecule has 3 heterocycles.